The zero-order chi connectivity index (χ0) is 9.94. The first-order valence-corrected chi connectivity index (χ1v) is 5.22. The van der Waals surface area contributed by atoms with Gasteiger partial charge in [0.2, 0.25) is 0 Å². The minimum absolute atomic E-state index is 0.143. The number of aldehydes is 1. The van der Waals surface area contributed by atoms with Crippen molar-refractivity contribution in [1.29, 1.82) is 0 Å². The normalized spacial score (nSPS) is 10.7. The molecular formula is C10H22N2O. The SMILES string of the molecule is NC(N)CCCCCCCCC=O. The van der Waals surface area contributed by atoms with E-state index in [1.807, 2.05) is 0 Å². The van der Waals surface area contributed by atoms with E-state index in [-0.39, 0.29) is 6.17 Å². The van der Waals surface area contributed by atoms with Gasteiger partial charge in [-0.1, -0.05) is 32.1 Å². The van der Waals surface area contributed by atoms with Crippen molar-refractivity contribution >= 4 is 6.29 Å². The third-order valence-corrected chi connectivity index (χ3v) is 2.11. The molecule has 0 rings (SSSR count). The Hall–Kier alpha value is -0.410. The van der Waals surface area contributed by atoms with Gasteiger partial charge in [0.1, 0.15) is 6.29 Å². The smallest absolute Gasteiger partial charge is 0.119 e. The average Bonchev–Trinajstić information content (AvgIpc) is 2.09. The van der Waals surface area contributed by atoms with Crippen LogP contribution in [0.15, 0.2) is 0 Å². The Morgan fingerprint density at radius 1 is 0.923 bits per heavy atom. The largest absolute Gasteiger partial charge is 0.316 e. The lowest BCUT2D eigenvalue weighted by atomic mass is 10.1. The molecule has 78 valence electrons. The zero-order valence-corrected chi connectivity index (χ0v) is 8.37. The van der Waals surface area contributed by atoms with Crippen LogP contribution in [0.25, 0.3) is 0 Å². The van der Waals surface area contributed by atoms with E-state index in [0.717, 1.165) is 25.5 Å². The van der Waals surface area contributed by atoms with Gasteiger partial charge in [-0.15, -0.1) is 0 Å². The second kappa shape index (κ2) is 9.68. The van der Waals surface area contributed by atoms with E-state index in [2.05, 4.69) is 0 Å². The number of hydrogen-bond acceptors (Lipinski definition) is 3. The van der Waals surface area contributed by atoms with Crippen molar-refractivity contribution in [3.8, 4) is 0 Å². The lowest BCUT2D eigenvalue weighted by Gasteiger charge is -2.04. The van der Waals surface area contributed by atoms with E-state index in [1.165, 1.54) is 25.7 Å². The van der Waals surface area contributed by atoms with E-state index in [9.17, 15) is 4.79 Å². The van der Waals surface area contributed by atoms with Crippen molar-refractivity contribution in [2.45, 2.75) is 57.5 Å². The van der Waals surface area contributed by atoms with E-state index >= 15 is 0 Å². The summed E-state index contributed by atoms with van der Waals surface area (Å²) in [5.41, 5.74) is 10.8. The van der Waals surface area contributed by atoms with Crippen molar-refractivity contribution < 1.29 is 4.79 Å². The van der Waals surface area contributed by atoms with Gasteiger partial charge in [-0.2, -0.15) is 0 Å². The van der Waals surface area contributed by atoms with E-state index in [0.29, 0.717) is 6.42 Å². The Kier molecular flexibility index (Phi) is 9.37. The molecule has 0 spiro atoms. The molecule has 0 heterocycles. The molecule has 0 bridgehead atoms. The van der Waals surface area contributed by atoms with Crippen LogP contribution in [0, 0.1) is 0 Å². The first-order valence-electron chi connectivity index (χ1n) is 5.22. The number of nitrogens with two attached hydrogens (primary N) is 2. The molecule has 0 aromatic heterocycles. The predicted molar refractivity (Wildman–Crippen MR) is 55.2 cm³/mol. The van der Waals surface area contributed by atoms with Crippen LogP contribution >= 0.6 is 0 Å². The highest BCUT2D eigenvalue weighted by Gasteiger charge is 1.94. The topological polar surface area (TPSA) is 69.1 Å². The van der Waals surface area contributed by atoms with E-state index in [1.54, 1.807) is 0 Å². The first kappa shape index (κ1) is 12.6. The van der Waals surface area contributed by atoms with Crippen molar-refractivity contribution in [3.63, 3.8) is 0 Å². The van der Waals surface area contributed by atoms with Crippen LogP contribution < -0.4 is 11.5 Å². The summed E-state index contributed by atoms with van der Waals surface area (Å²) in [4.78, 5) is 9.99. The molecule has 0 atom stereocenters. The van der Waals surface area contributed by atoms with Gasteiger partial charge in [0.05, 0.1) is 6.17 Å². The summed E-state index contributed by atoms with van der Waals surface area (Å²) >= 11 is 0. The number of rotatable bonds is 9. The van der Waals surface area contributed by atoms with Gasteiger partial charge in [0.25, 0.3) is 0 Å². The Bertz CT molecular complexity index is 115. The number of unbranched alkanes of at least 4 members (excludes halogenated alkanes) is 6. The standard InChI is InChI=1S/C10H22N2O/c11-10(12)8-6-4-2-1-3-5-7-9-13/h9-10H,1-8,11-12H2. The third-order valence-electron chi connectivity index (χ3n) is 2.11. The number of carbonyl (C=O) groups excluding carboxylic acids is 1. The van der Waals surface area contributed by atoms with Gasteiger partial charge in [-0.25, -0.2) is 0 Å². The van der Waals surface area contributed by atoms with Crippen LogP contribution in [0.3, 0.4) is 0 Å². The molecular weight excluding hydrogens is 164 g/mol. The summed E-state index contributed by atoms with van der Waals surface area (Å²) in [6, 6.07) is 0. The molecule has 0 aromatic carbocycles. The monoisotopic (exact) mass is 186 g/mol. The van der Waals surface area contributed by atoms with Crippen molar-refractivity contribution in [3.05, 3.63) is 0 Å². The summed E-state index contributed by atoms with van der Waals surface area (Å²) in [5.74, 6) is 0. The van der Waals surface area contributed by atoms with Gasteiger partial charge in [-0.05, 0) is 12.8 Å². The minimum atomic E-state index is -0.143. The van der Waals surface area contributed by atoms with Gasteiger partial charge in [0.15, 0.2) is 0 Å². The summed E-state index contributed by atoms with van der Waals surface area (Å²) in [5, 5.41) is 0. The maximum atomic E-state index is 9.99. The number of carbonyl (C=O) groups is 1. The average molecular weight is 186 g/mol. The van der Waals surface area contributed by atoms with Crippen LogP contribution in [0.1, 0.15) is 51.4 Å². The molecule has 0 aliphatic carbocycles. The molecule has 0 aromatic rings. The summed E-state index contributed by atoms with van der Waals surface area (Å²) in [6.07, 6.45) is 9.52. The van der Waals surface area contributed by atoms with Gasteiger partial charge in [0, 0.05) is 6.42 Å². The van der Waals surface area contributed by atoms with Gasteiger partial charge >= 0.3 is 0 Å². The Labute approximate surface area is 80.9 Å². The van der Waals surface area contributed by atoms with E-state index < -0.39 is 0 Å². The molecule has 4 N–H and O–H groups in total. The van der Waals surface area contributed by atoms with Crippen LogP contribution in [-0.2, 0) is 4.79 Å². The highest BCUT2D eigenvalue weighted by molar-refractivity contribution is 5.48. The van der Waals surface area contributed by atoms with Crippen molar-refractivity contribution in [2.24, 2.45) is 11.5 Å². The van der Waals surface area contributed by atoms with Gasteiger partial charge in [-0.3, -0.25) is 0 Å². The van der Waals surface area contributed by atoms with Gasteiger partial charge < -0.3 is 16.3 Å². The Balaban J connectivity index is 2.87. The molecule has 0 aliphatic heterocycles. The summed E-state index contributed by atoms with van der Waals surface area (Å²) < 4.78 is 0. The third kappa shape index (κ3) is 11.6. The first-order chi connectivity index (χ1) is 6.27. The molecule has 0 aliphatic rings. The second-order valence-electron chi connectivity index (χ2n) is 3.53. The lowest BCUT2D eigenvalue weighted by molar-refractivity contribution is -0.107. The predicted octanol–water partition coefficient (Wildman–Crippen LogP) is 1.55. The molecule has 0 radical (unpaired) electrons. The molecule has 3 nitrogen and oxygen atoms in total. The molecule has 0 amide bonds. The maximum Gasteiger partial charge on any atom is 0.119 e. The van der Waals surface area contributed by atoms with Crippen LogP contribution in [0.2, 0.25) is 0 Å². The lowest BCUT2D eigenvalue weighted by Crippen LogP contribution is -2.29. The Morgan fingerprint density at radius 3 is 2.00 bits per heavy atom. The molecule has 13 heavy (non-hydrogen) atoms. The summed E-state index contributed by atoms with van der Waals surface area (Å²) in [7, 11) is 0. The van der Waals surface area contributed by atoms with Crippen LogP contribution in [0.5, 0.6) is 0 Å². The summed E-state index contributed by atoms with van der Waals surface area (Å²) in [6.45, 7) is 0. The molecule has 0 saturated carbocycles. The second-order valence-corrected chi connectivity index (χ2v) is 3.53. The Morgan fingerprint density at radius 2 is 1.46 bits per heavy atom. The molecule has 0 fully saturated rings. The fourth-order valence-electron chi connectivity index (χ4n) is 1.31. The van der Waals surface area contributed by atoms with Crippen LogP contribution in [0.4, 0.5) is 0 Å². The molecule has 0 unspecified atom stereocenters. The fraction of sp³-hybridized carbons (Fsp3) is 0.900. The molecule has 3 heteroatoms. The number of hydrogen-bond donors (Lipinski definition) is 2. The maximum absolute atomic E-state index is 9.99. The highest BCUT2D eigenvalue weighted by atomic mass is 16.1. The van der Waals surface area contributed by atoms with Crippen LogP contribution in [-0.4, -0.2) is 12.5 Å². The quantitative estimate of drug-likeness (QED) is 0.326. The molecule has 0 saturated heterocycles. The fourth-order valence-corrected chi connectivity index (χ4v) is 1.31. The van der Waals surface area contributed by atoms with Crippen molar-refractivity contribution in [1.82, 2.24) is 0 Å². The van der Waals surface area contributed by atoms with Crippen molar-refractivity contribution in [2.75, 3.05) is 0 Å². The van der Waals surface area contributed by atoms with E-state index in [4.69, 9.17) is 11.5 Å². The highest BCUT2D eigenvalue weighted by Crippen LogP contribution is 2.07. The zero-order valence-electron chi connectivity index (χ0n) is 8.37. The minimum Gasteiger partial charge on any atom is -0.316 e.